The summed E-state index contributed by atoms with van der Waals surface area (Å²) in [5.41, 5.74) is 0.825. The molecule has 1 N–H and O–H groups in total. The van der Waals surface area contributed by atoms with Crippen LogP contribution in [0.4, 0.5) is 5.69 Å². The van der Waals surface area contributed by atoms with E-state index in [4.69, 9.17) is 10.7 Å². The van der Waals surface area contributed by atoms with Crippen molar-refractivity contribution in [1.29, 1.82) is 0 Å². The topological polar surface area (TPSA) is 80.3 Å². The van der Waals surface area contributed by atoms with Crippen LogP contribution >= 0.6 is 10.7 Å². The highest BCUT2D eigenvalue weighted by Gasteiger charge is 2.20. The fraction of sp³-hybridized carbons (Fsp3) is 0.0769. The van der Waals surface area contributed by atoms with Crippen LogP contribution in [-0.4, -0.2) is 16.8 Å². The van der Waals surface area contributed by atoms with Crippen LogP contribution in [0.15, 0.2) is 58.3 Å². The first kappa shape index (κ1) is 15.8. The van der Waals surface area contributed by atoms with Gasteiger partial charge in [-0.1, -0.05) is 29.8 Å². The van der Waals surface area contributed by atoms with Crippen molar-refractivity contribution in [1.82, 2.24) is 0 Å². The van der Waals surface area contributed by atoms with Crippen LogP contribution in [0, 0.1) is 6.92 Å². The average Bonchev–Trinajstić information content (AvgIpc) is 2.38. The smallest absolute Gasteiger partial charge is 0.263 e. The minimum atomic E-state index is -4.05. The number of benzene rings is 2. The highest BCUT2D eigenvalue weighted by atomic mass is 35.7. The molecule has 0 aliphatic heterocycles. The molecular formula is C13H12ClNO4S2. The monoisotopic (exact) mass is 345 g/mol. The Morgan fingerprint density at radius 3 is 2.05 bits per heavy atom. The third-order valence-corrected chi connectivity index (χ3v) is 5.49. The molecule has 0 aliphatic rings. The molecule has 0 amide bonds. The summed E-state index contributed by atoms with van der Waals surface area (Å²) in [4.78, 5) is -0.253. The first-order valence-electron chi connectivity index (χ1n) is 5.83. The van der Waals surface area contributed by atoms with E-state index in [0.29, 0.717) is 0 Å². The van der Waals surface area contributed by atoms with Crippen LogP contribution in [-0.2, 0) is 19.1 Å². The largest absolute Gasteiger partial charge is 0.278 e. The van der Waals surface area contributed by atoms with Crippen LogP contribution < -0.4 is 4.72 Å². The molecule has 0 saturated heterocycles. The summed E-state index contributed by atoms with van der Waals surface area (Å²) >= 11 is 0. The number of aryl methyl sites for hydroxylation is 1. The Labute approximate surface area is 128 Å². The van der Waals surface area contributed by atoms with Gasteiger partial charge in [0, 0.05) is 10.7 Å². The molecule has 0 bridgehead atoms. The highest BCUT2D eigenvalue weighted by Crippen LogP contribution is 2.26. The van der Waals surface area contributed by atoms with Crippen molar-refractivity contribution in [2.24, 2.45) is 0 Å². The molecule has 0 heterocycles. The number of para-hydroxylation sites is 1. The summed E-state index contributed by atoms with van der Waals surface area (Å²) < 4.78 is 49.6. The maximum atomic E-state index is 12.2. The third-order valence-electron chi connectivity index (χ3n) is 2.73. The Morgan fingerprint density at radius 1 is 0.905 bits per heavy atom. The minimum Gasteiger partial charge on any atom is -0.278 e. The Bertz CT molecular complexity index is 859. The van der Waals surface area contributed by atoms with E-state index >= 15 is 0 Å². The van der Waals surface area contributed by atoms with Gasteiger partial charge in [0.25, 0.3) is 19.1 Å². The molecule has 2 aromatic carbocycles. The Balaban J connectivity index is 2.45. The van der Waals surface area contributed by atoms with Gasteiger partial charge in [0.05, 0.1) is 10.6 Å². The van der Waals surface area contributed by atoms with Crippen molar-refractivity contribution in [3.05, 3.63) is 54.1 Å². The van der Waals surface area contributed by atoms with Gasteiger partial charge in [-0.25, -0.2) is 16.8 Å². The number of hydrogen-bond donors (Lipinski definition) is 1. The molecular weight excluding hydrogens is 334 g/mol. The molecule has 0 unspecified atom stereocenters. The summed E-state index contributed by atoms with van der Waals surface area (Å²) in [5.74, 6) is 0. The van der Waals surface area contributed by atoms with E-state index in [2.05, 4.69) is 4.72 Å². The maximum Gasteiger partial charge on any atom is 0.263 e. The lowest BCUT2D eigenvalue weighted by Gasteiger charge is -2.11. The molecule has 21 heavy (non-hydrogen) atoms. The van der Waals surface area contributed by atoms with E-state index in [9.17, 15) is 16.8 Å². The zero-order chi connectivity index (χ0) is 15.7. The Hall–Kier alpha value is -1.57. The Kier molecular flexibility index (Phi) is 4.27. The number of hydrogen-bond acceptors (Lipinski definition) is 4. The zero-order valence-corrected chi connectivity index (χ0v) is 13.3. The second-order valence-corrected chi connectivity index (χ2v) is 8.57. The van der Waals surface area contributed by atoms with Gasteiger partial charge < -0.3 is 0 Å². The van der Waals surface area contributed by atoms with E-state index in [1.54, 1.807) is 12.1 Å². The van der Waals surface area contributed by atoms with Crippen molar-refractivity contribution in [3.8, 4) is 0 Å². The fourth-order valence-electron chi connectivity index (χ4n) is 1.68. The molecule has 0 fully saturated rings. The Morgan fingerprint density at radius 2 is 1.48 bits per heavy atom. The summed E-state index contributed by atoms with van der Waals surface area (Å²) in [7, 11) is -2.64. The number of rotatable bonds is 4. The van der Waals surface area contributed by atoms with E-state index in [-0.39, 0.29) is 15.5 Å². The average molecular weight is 346 g/mol. The van der Waals surface area contributed by atoms with Crippen LogP contribution in [0.25, 0.3) is 0 Å². The standard InChI is InChI=1S/C13H12ClNO4S2/c1-10-6-8-11(9-7-10)21(18,19)15-12-4-2-3-5-13(12)20(14,16)17/h2-9,15H,1H3. The molecule has 112 valence electrons. The SMILES string of the molecule is Cc1ccc(S(=O)(=O)Nc2ccccc2S(=O)(=O)Cl)cc1. The molecule has 2 aromatic rings. The predicted octanol–water partition coefficient (Wildman–Crippen LogP) is 2.72. The van der Waals surface area contributed by atoms with E-state index < -0.39 is 19.1 Å². The molecule has 2 rings (SSSR count). The van der Waals surface area contributed by atoms with Crippen LogP contribution in [0.1, 0.15) is 5.56 Å². The number of halogens is 1. The molecule has 5 nitrogen and oxygen atoms in total. The van der Waals surface area contributed by atoms with Crippen molar-refractivity contribution in [2.75, 3.05) is 4.72 Å². The maximum absolute atomic E-state index is 12.2. The summed E-state index contributed by atoms with van der Waals surface area (Å²) in [6.45, 7) is 1.83. The van der Waals surface area contributed by atoms with E-state index in [1.807, 2.05) is 6.92 Å². The molecule has 0 aromatic heterocycles. The molecule has 0 atom stereocenters. The summed E-state index contributed by atoms with van der Waals surface area (Å²) in [6, 6.07) is 11.7. The number of nitrogens with one attached hydrogen (secondary N) is 1. The van der Waals surface area contributed by atoms with Crippen molar-refractivity contribution < 1.29 is 16.8 Å². The second-order valence-electron chi connectivity index (χ2n) is 4.35. The molecule has 0 spiro atoms. The summed E-state index contributed by atoms with van der Waals surface area (Å²) in [5, 5.41) is 0. The minimum absolute atomic E-state index is 0.0369. The molecule has 0 radical (unpaired) electrons. The lowest BCUT2D eigenvalue weighted by atomic mass is 10.2. The first-order chi connectivity index (χ1) is 9.70. The lowest BCUT2D eigenvalue weighted by molar-refractivity contribution is 0.601. The van der Waals surface area contributed by atoms with Crippen molar-refractivity contribution in [2.45, 2.75) is 16.7 Å². The molecule has 8 heteroatoms. The fourth-order valence-corrected chi connectivity index (χ4v) is 3.86. The van der Waals surface area contributed by atoms with Gasteiger partial charge in [-0.2, -0.15) is 0 Å². The van der Waals surface area contributed by atoms with Crippen molar-refractivity contribution in [3.63, 3.8) is 0 Å². The second kappa shape index (κ2) is 5.67. The van der Waals surface area contributed by atoms with E-state index in [0.717, 1.165) is 5.56 Å². The lowest BCUT2D eigenvalue weighted by Crippen LogP contribution is -2.14. The summed E-state index contributed by atoms with van der Waals surface area (Å²) in [6.07, 6.45) is 0. The van der Waals surface area contributed by atoms with Gasteiger partial charge in [0.2, 0.25) is 0 Å². The van der Waals surface area contributed by atoms with E-state index in [1.165, 1.54) is 36.4 Å². The molecule has 0 aliphatic carbocycles. The van der Waals surface area contributed by atoms with Gasteiger partial charge in [-0.05, 0) is 31.2 Å². The number of anilines is 1. The van der Waals surface area contributed by atoms with Crippen LogP contribution in [0.3, 0.4) is 0 Å². The number of sulfonamides is 1. The van der Waals surface area contributed by atoms with Crippen LogP contribution in [0.5, 0.6) is 0 Å². The van der Waals surface area contributed by atoms with Gasteiger partial charge >= 0.3 is 0 Å². The van der Waals surface area contributed by atoms with Gasteiger partial charge in [-0.3, -0.25) is 4.72 Å². The quantitative estimate of drug-likeness (QED) is 0.864. The normalized spacial score (nSPS) is 12.1. The predicted molar refractivity (Wildman–Crippen MR) is 81.5 cm³/mol. The zero-order valence-electron chi connectivity index (χ0n) is 10.9. The van der Waals surface area contributed by atoms with Crippen molar-refractivity contribution >= 4 is 35.4 Å². The van der Waals surface area contributed by atoms with Gasteiger partial charge in [0.15, 0.2) is 0 Å². The molecule has 0 saturated carbocycles. The van der Waals surface area contributed by atoms with Gasteiger partial charge in [-0.15, -0.1) is 0 Å². The van der Waals surface area contributed by atoms with Gasteiger partial charge in [0.1, 0.15) is 4.90 Å². The highest BCUT2D eigenvalue weighted by molar-refractivity contribution is 8.14. The first-order valence-corrected chi connectivity index (χ1v) is 9.62. The third kappa shape index (κ3) is 3.75. The van der Waals surface area contributed by atoms with Crippen LogP contribution in [0.2, 0.25) is 0 Å².